The van der Waals surface area contributed by atoms with Crippen molar-refractivity contribution in [2.45, 2.75) is 40.2 Å². The van der Waals surface area contributed by atoms with Crippen LogP contribution in [-0.2, 0) is 9.59 Å². The Bertz CT molecular complexity index is 563. The Labute approximate surface area is 135 Å². The third kappa shape index (κ3) is 4.61. The van der Waals surface area contributed by atoms with E-state index in [9.17, 15) is 9.59 Å². The largest absolute Gasteiger partial charge is 0.351 e. The number of rotatable bonds is 3. The molecule has 0 saturated carbocycles. The fourth-order valence-electron chi connectivity index (χ4n) is 1.48. The molecule has 0 bridgehead atoms. The number of hydrogen-bond acceptors (Lipinski definition) is 2. The third-order valence-corrected chi connectivity index (χ3v) is 3.64. The molecule has 0 aliphatic rings. The molecule has 0 aromatic heterocycles. The highest BCUT2D eigenvalue weighted by molar-refractivity contribution is 6.44. The highest BCUT2D eigenvalue weighted by Gasteiger charge is 2.37. The zero-order valence-corrected chi connectivity index (χ0v) is 14.3. The minimum Gasteiger partial charge on any atom is -0.351 e. The number of carbonyl (C=O) groups is 2. The van der Waals surface area contributed by atoms with E-state index in [1.165, 1.54) is 0 Å². The van der Waals surface area contributed by atoms with Crippen LogP contribution in [0.3, 0.4) is 0 Å². The summed E-state index contributed by atoms with van der Waals surface area (Å²) >= 11 is 11.9. The second-order valence-electron chi connectivity index (χ2n) is 6.38. The zero-order chi connectivity index (χ0) is 16.4. The van der Waals surface area contributed by atoms with E-state index in [1.807, 2.05) is 20.8 Å². The van der Waals surface area contributed by atoms with Crippen molar-refractivity contribution in [3.63, 3.8) is 0 Å². The van der Waals surface area contributed by atoms with Gasteiger partial charge in [-0.15, -0.1) is 0 Å². The maximum absolute atomic E-state index is 12.4. The fraction of sp³-hybridized carbons (Fsp3) is 0.467. The molecule has 6 heteroatoms. The first-order valence-electron chi connectivity index (χ1n) is 6.53. The Morgan fingerprint density at radius 3 is 2.10 bits per heavy atom. The quantitative estimate of drug-likeness (QED) is 0.826. The summed E-state index contributed by atoms with van der Waals surface area (Å²) in [4.78, 5) is 24.6. The van der Waals surface area contributed by atoms with Gasteiger partial charge in [0.15, 0.2) is 0 Å². The Morgan fingerprint density at radius 2 is 1.57 bits per heavy atom. The Hall–Kier alpha value is -1.26. The summed E-state index contributed by atoms with van der Waals surface area (Å²) < 4.78 is 0. The number of nitrogens with one attached hydrogen (secondary N) is 2. The van der Waals surface area contributed by atoms with E-state index in [1.54, 1.807) is 32.0 Å². The number of halogens is 2. The van der Waals surface area contributed by atoms with E-state index in [4.69, 9.17) is 23.2 Å². The van der Waals surface area contributed by atoms with Gasteiger partial charge in [0, 0.05) is 5.54 Å². The molecule has 0 heterocycles. The van der Waals surface area contributed by atoms with Crippen molar-refractivity contribution < 1.29 is 9.59 Å². The van der Waals surface area contributed by atoms with Crippen LogP contribution in [0.2, 0.25) is 10.0 Å². The molecule has 0 aliphatic carbocycles. The highest BCUT2D eigenvalue weighted by Crippen LogP contribution is 2.31. The van der Waals surface area contributed by atoms with Gasteiger partial charge in [-0.1, -0.05) is 29.3 Å². The molecule has 2 amide bonds. The number of carbonyl (C=O) groups excluding carboxylic acids is 2. The maximum Gasteiger partial charge on any atom is 0.239 e. The molecule has 0 spiro atoms. The summed E-state index contributed by atoms with van der Waals surface area (Å²) in [6, 6.07) is 4.92. The monoisotopic (exact) mass is 330 g/mol. The van der Waals surface area contributed by atoms with Gasteiger partial charge in [-0.3, -0.25) is 9.59 Å². The van der Waals surface area contributed by atoms with Crippen molar-refractivity contribution in [2.24, 2.45) is 5.41 Å². The molecule has 0 saturated heterocycles. The van der Waals surface area contributed by atoms with Crippen molar-refractivity contribution >= 4 is 40.7 Å². The second kappa shape index (κ2) is 6.24. The zero-order valence-electron chi connectivity index (χ0n) is 12.8. The van der Waals surface area contributed by atoms with Gasteiger partial charge in [0.1, 0.15) is 5.41 Å². The van der Waals surface area contributed by atoms with E-state index >= 15 is 0 Å². The molecule has 0 radical (unpaired) electrons. The van der Waals surface area contributed by atoms with Crippen LogP contribution in [0.25, 0.3) is 0 Å². The molecule has 4 nitrogen and oxygen atoms in total. The molecule has 1 rings (SSSR count). The first kappa shape index (κ1) is 17.8. The summed E-state index contributed by atoms with van der Waals surface area (Å²) in [5.41, 5.74) is -1.27. The van der Waals surface area contributed by atoms with Crippen molar-refractivity contribution in [3.05, 3.63) is 28.2 Å². The molecule has 0 atom stereocenters. The van der Waals surface area contributed by atoms with Crippen molar-refractivity contribution in [1.82, 2.24) is 5.32 Å². The number of amides is 2. The van der Waals surface area contributed by atoms with Crippen LogP contribution < -0.4 is 10.6 Å². The first-order chi connectivity index (χ1) is 9.45. The highest BCUT2D eigenvalue weighted by atomic mass is 35.5. The number of hydrogen-bond donors (Lipinski definition) is 2. The average molecular weight is 331 g/mol. The SMILES string of the molecule is CC(C)(C)NC(=O)C(C)(C)C(=O)Nc1cccc(Cl)c1Cl. The molecular weight excluding hydrogens is 311 g/mol. The van der Waals surface area contributed by atoms with Crippen molar-refractivity contribution in [2.75, 3.05) is 5.32 Å². The van der Waals surface area contributed by atoms with Gasteiger partial charge in [-0.25, -0.2) is 0 Å². The first-order valence-corrected chi connectivity index (χ1v) is 7.29. The summed E-state index contributed by atoms with van der Waals surface area (Å²) in [7, 11) is 0. The standard InChI is InChI=1S/C15H20Cl2N2O2/c1-14(2,3)19-13(21)15(4,5)12(20)18-10-8-6-7-9(16)11(10)17/h6-8H,1-5H3,(H,18,20)(H,19,21). The summed E-state index contributed by atoms with van der Waals surface area (Å²) in [5.74, 6) is -0.806. The van der Waals surface area contributed by atoms with Crippen LogP contribution in [0.5, 0.6) is 0 Å². The van der Waals surface area contributed by atoms with E-state index in [-0.39, 0.29) is 10.9 Å². The fourth-order valence-corrected chi connectivity index (χ4v) is 1.83. The number of anilines is 1. The van der Waals surface area contributed by atoms with Gasteiger partial charge in [0.05, 0.1) is 15.7 Å². The lowest BCUT2D eigenvalue weighted by atomic mass is 9.89. The lowest BCUT2D eigenvalue weighted by Gasteiger charge is -2.28. The molecule has 21 heavy (non-hydrogen) atoms. The van der Waals surface area contributed by atoms with E-state index in [0.29, 0.717) is 10.7 Å². The topological polar surface area (TPSA) is 58.2 Å². The van der Waals surface area contributed by atoms with Gasteiger partial charge in [0.2, 0.25) is 11.8 Å². The second-order valence-corrected chi connectivity index (χ2v) is 7.17. The molecule has 0 aliphatic heterocycles. The van der Waals surface area contributed by atoms with Gasteiger partial charge < -0.3 is 10.6 Å². The van der Waals surface area contributed by atoms with Crippen LogP contribution in [0.1, 0.15) is 34.6 Å². The predicted molar refractivity (Wildman–Crippen MR) is 86.8 cm³/mol. The van der Waals surface area contributed by atoms with E-state index < -0.39 is 16.9 Å². The van der Waals surface area contributed by atoms with Crippen molar-refractivity contribution in [3.8, 4) is 0 Å². The van der Waals surface area contributed by atoms with Gasteiger partial charge in [0.25, 0.3) is 0 Å². The smallest absolute Gasteiger partial charge is 0.239 e. The van der Waals surface area contributed by atoms with Gasteiger partial charge in [-0.05, 0) is 46.8 Å². The van der Waals surface area contributed by atoms with Crippen LogP contribution in [-0.4, -0.2) is 17.4 Å². The number of benzene rings is 1. The molecule has 116 valence electrons. The van der Waals surface area contributed by atoms with Crippen molar-refractivity contribution in [1.29, 1.82) is 0 Å². The van der Waals surface area contributed by atoms with Crippen LogP contribution in [0, 0.1) is 5.41 Å². The van der Waals surface area contributed by atoms with Crippen LogP contribution in [0.15, 0.2) is 18.2 Å². The summed E-state index contributed by atoms with van der Waals surface area (Å²) in [5, 5.41) is 6.02. The van der Waals surface area contributed by atoms with Gasteiger partial charge in [-0.2, -0.15) is 0 Å². The third-order valence-electron chi connectivity index (χ3n) is 2.82. The van der Waals surface area contributed by atoms with E-state index in [0.717, 1.165) is 0 Å². The minimum absolute atomic E-state index is 0.250. The molecular formula is C15H20Cl2N2O2. The average Bonchev–Trinajstić information content (AvgIpc) is 2.32. The Balaban J connectivity index is 2.92. The Kier molecular flexibility index (Phi) is 5.29. The van der Waals surface area contributed by atoms with Crippen LogP contribution >= 0.6 is 23.2 Å². The molecule has 0 fully saturated rings. The molecule has 1 aromatic carbocycles. The Morgan fingerprint density at radius 1 is 1.00 bits per heavy atom. The molecule has 2 N–H and O–H groups in total. The minimum atomic E-state index is -1.24. The van der Waals surface area contributed by atoms with E-state index in [2.05, 4.69) is 10.6 Å². The summed E-state index contributed by atoms with van der Waals surface area (Å²) in [6.45, 7) is 8.68. The molecule has 0 unspecified atom stereocenters. The lowest BCUT2D eigenvalue weighted by molar-refractivity contribution is -0.139. The van der Waals surface area contributed by atoms with Crippen LogP contribution in [0.4, 0.5) is 5.69 Å². The summed E-state index contributed by atoms with van der Waals surface area (Å²) in [6.07, 6.45) is 0. The lowest BCUT2D eigenvalue weighted by Crippen LogP contribution is -2.51. The van der Waals surface area contributed by atoms with Gasteiger partial charge >= 0.3 is 0 Å². The molecule has 1 aromatic rings. The normalized spacial score (nSPS) is 12.0. The predicted octanol–water partition coefficient (Wildman–Crippen LogP) is 3.87. The maximum atomic E-state index is 12.4.